The van der Waals surface area contributed by atoms with Crippen LogP contribution in [0, 0.1) is 0 Å². The van der Waals surface area contributed by atoms with Crippen LogP contribution in [0.5, 0.6) is 5.75 Å². The van der Waals surface area contributed by atoms with Crippen LogP contribution in [0.4, 0.5) is 5.82 Å². The highest BCUT2D eigenvalue weighted by molar-refractivity contribution is 6.76. The first-order chi connectivity index (χ1) is 21.1. The smallest absolute Gasteiger partial charge is 0.189 e. The van der Waals surface area contributed by atoms with Gasteiger partial charge in [-0.2, -0.15) is 5.10 Å². The van der Waals surface area contributed by atoms with Crippen LogP contribution in [-0.2, 0) is 20.9 Å². The Morgan fingerprint density at radius 2 is 1.59 bits per heavy atom. The Labute approximate surface area is 263 Å². The van der Waals surface area contributed by atoms with Crippen molar-refractivity contribution in [2.24, 2.45) is 0 Å². The average molecular weight is 634 g/mol. The molecule has 0 radical (unpaired) electrons. The van der Waals surface area contributed by atoms with Crippen molar-refractivity contribution in [1.29, 1.82) is 0 Å². The molecule has 0 amide bonds. The predicted molar refractivity (Wildman–Crippen MR) is 183 cm³/mol. The number of morpholine rings is 1. The van der Waals surface area contributed by atoms with Gasteiger partial charge >= 0.3 is 0 Å². The third-order valence-corrected chi connectivity index (χ3v) is 11.1. The van der Waals surface area contributed by atoms with Crippen LogP contribution in [-0.4, -0.2) is 82.2 Å². The maximum Gasteiger partial charge on any atom is 0.189 e. The van der Waals surface area contributed by atoms with E-state index in [1.807, 2.05) is 29.2 Å². The second-order valence-electron chi connectivity index (χ2n) is 13.8. The van der Waals surface area contributed by atoms with Gasteiger partial charge in [-0.25, -0.2) is 9.67 Å². The number of aromatic nitrogens is 4. The third-order valence-electron chi connectivity index (χ3n) is 7.70. The van der Waals surface area contributed by atoms with Gasteiger partial charge in [0, 0.05) is 77.6 Å². The summed E-state index contributed by atoms with van der Waals surface area (Å²) in [6.07, 6.45) is 5.48. The highest BCUT2D eigenvalue weighted by Gasteiger charge is 2.19. The van der Waals surface area contributed by atoms with Crippen LogP contribution in [0.25, 0.3) is 33.3 Å². The number of benzene rings is 1. The molecule has 0 spiro atoms. The van der Waals surface area contributed by atoms with E-state index in [4.69, 9.17) is 24.0 Å². The minimum absolute atomic E-state index is 0.211. The van der Waals surface area contributed by atoms with E-state index in [1.165, 1.54) is 0 Å². The molecule has 0 N–H and O–H groups in total. The molecule has 0 bridgehead atoms. The number of fused-ring (bicyclic) bond motifs is 1. The Bertz CT molecular complexity index is 1530. The number of pyridine rings is 2. The molecule has 1 aliphatic heterocycles. The lowest BCUT2D eigenvalue weighted by Crippen LogP contribution is -2.36. The van der Waals surface area contributed by atoms with Gasteiger partial charge in [0.2, 0.25) is 0 Å². The van der Waals surface area contributed by atoms with Crippen LogP contribution < -0.4 is 9.64 Å². The average Bonchev–Trinajstić information content (AvgIpc) is 3.36. The number of anilines is 1. The molecule has 1 aromatic carbocycles. The molecular formula is C33H47N5O4Si2. The SMILES string of the molecule is C[Si](C)(C)CCOCOc1ccncc1-c1ccc2c(c1)c(-c1ccnc(N3CCOCC3)c1)nn2COCC[Si](C)(C)C. The van der Waals surface area contributed by atoms with Crippen molar-refractivity contribution in [3.05, 3.63) is 55.0 Å². The first kappa shape index (κ1) is 32.3. The molecule has 9 nitrogen and oxygen atoms in total. The van der Waals surface area contributed by atoms with E-state index >= 15 is 0 Å². The normalized spacial score (nSPS) is 14.4. The summed E-state index contributed by atoms with van der Waals surface area (Å²) in [4.78, 5) is 11.4. The number of ether oxygens (including phenoxy) is 4. The van der Waals surface area contributed by atoms with Crippen molar-refractivity contribution in [2.75, 3.05) is 51.2 Å². The fraction of sp³-hybridized carbons (Fsp3) is 0.485. The van der Waals surface area contributed by atoms with Crippen molar-refractivity contribution in [3.63, 3.8) is 0 Å². The lowest BCUT2D eigenvalue weighted by Gasteiger charge is -2.27. The number of hydrogen-bond acceptors (Lipinski definition) is 8. The van der Waals surface area contributed by atoms with Crippen LogP contribution >= 0.6 is 0 Å². The molecule has 4 aromatic rings. The Balaban J connectivity index is 1.45. The van der Waals surface area contributed by atoms with Gasteiger partial charge in [-0.15, -0.1) is 0 Å². The van der Waals surface area contributed by atoms with Gasteiger partial charge in [-0.05, 0) is 48.0 Å². The molecule has 1 aliphatic rings. The molecule has 1 fully saturated rings. The molecule has 236 valence electrons. The number of nitrogens with zero attached hydrogens (tertiary/aromatic N) is 5. The zero-order valence-corrected chi connectivity index (χ0v) is 29.1. The largest absolute Gasteiger partial charge is 0.467 e. The van der Waals surface area contributed by atoms with Gasteiger partial charge in [-0.1, -0.05) is 45.3 Å². The molecule has 0 atom stereocenters. The summed E-state index contributed by atoms with van der Waals surface area (Å²) >= 11 is 0. The van der Waals surface area contributed by atoms with Gasteiger partial charge in [-0.3, -0.25) is 4.98 Å². The quantitative estimate of drug-likeness (QED) is 0.0834. The first-order valence-electron chi connectivity index (χ1n) is 15.6. The summed E-state index contributed by atoms with van der Waals surface area (Å²) in [6, 6.07) is 14.7. The Morgan fingerprint density at radius 1 is 0.841 bits per heavy atom. The van der Waals surface area contributed by atoms with Crippen molar-refractivity contribution in [1.82, 2.24) is 19.7 Å². The van der Waals surface area contributed by atoms with Crippen molar-refractivity contribution in [3.8, 4) is 28.1 Å². The second-order valence-corrected chi connectivity index (χ2v) is 25.0. The van der Waals surface area contributed by atoms with Crippen molar-refractivity contribution >= 4 is 32.9 Å². The summed E-state index contributed by atoms with van der Waals surface area (Å²) < 4.78 is 25.6. The number of hydrogen-bond donors (Lipinski definition) is 0. The monoisotopic (exact) mass is 633 g/mol. The molecule has 0 unspecified atom stereocenters. The van der Waals surface area contributed by atoms with E-state index in [2.05, 4.69) is 78.4 Å². The van der Waals surface area contributed by atoms with Crippen LogP contribution in [0.3, 0.4) is 0 Å². The maximum absolute atomic E-state index is 6.15. The molecule has 44 heavy (non-hydrogen) atoms. The Morgan fingerprint density at radius 3 is 2.34 bits per heavy atom. The van der Waals surface area contributed by atoms with E-state index in [9.17, 15) is 0 Å². The molecule has 0 aliphatic carbocycles. The van der Waals surface area contributed by atoms with Gasteiger partial charge < -0.3 is 23.8 Å². The summed E-state index contributed by atoms with van der Waals surface area (Å²) in [5, 5.41) is 6.13. The summed E-state index contributed by atoms with van der Waals surface area (Å²) in [5.41, 5.74) is 4.85. The van der Waals surface area contributed by atoms with Crippen LogP contribution in [0.2, 0.25) is 51.4 Å². The van der Waals surface area contributed by atoms with Gasteiger partial charge in [0.1, 0.15) is 24.0 Å². The minimum Gasteiger partial charge on any atom is -0.467 e. The Kier molecular flexibility index (Phi) is 10.5. The van der Waals surface area contributed by atoms with E-state index in [1.54, 1.807) is 6.20 Å². The van der Waals surface area contributed by atoms with Crippen molar-refractivity contribution < 1.29 is 18.9 Å². The summed E-state index contributed by atoms with van der Waals surface area (Å²) in [7, 11) is -2.35. The molecule has 4 heterocycles. The standard InChI is InChI=1S/C33H47N5O4Si2/c1-43(2,3)19-17-40-24-38-30-8-7-26(29-23-34-11-10-31(29)42-25-41-18-20-44(4,5)6)21-28(30)33(36-38)27-9-12-35-32(22-27)37-13-15-39-16-14-37/h7-12,21-23H,13-20,24-25H2,1-6H3. The number of rotatable bonds is 14. The first-order valence-corrected chi connectivity index (χ1v) is 23.0. The fourth-order valence-electron chi connectivity index (χ4n) is 4.99. The topological polar surface area (TPSA) is 83.8 Å². The molecule has 0 saturated carbocycles. The summed E-state index contributed by atoms with van der Waals surface area (Å²) in [6.45, 7) is 19.3. The van der Waals surface area contributed by atoms with Crippen molar-refractivity contribution in [2.45, 2.75) is 58.1 Å². The molecule has 1 saturated heterocycles. The third kappa shape index (κ3) is 8.75. The van der Waals surface area contributed by atoms with Crippen LogP contribution in [0.1, 0.15) is 0 Å². The highest BCUT2D eigenvalue weighted by Crippen LogP contribution is 2.36. The van der Waals surface area contributed by atoms with Gasteiger partial charge in [0.05, 0.1) is 18.7 Å². The Hall–Kier alpha value is -3.10. The molecule has 3 aromatic heterocycles. The molecule has 11 heteroatoms. The lowest BCUT2D eigenvalue weighted by molar-refractivity contribution is 0.0223. The molecular weight excluding hydrogens is 587 g/mol. The maximum atomic E-state index is 6.15. The minimum atomic E-state index is -1.19. The predicted octanol–water partition coefficient (Wildman–Crippen LogP) is 7.00. The zero-order valence-electron chi connectivity index (χ0n) is 27.1. The summed E-state index contributed by atoms with van der Waals surface area (Å²) in [5.74, 6) is 1.68. The van der Waals surface area contributed by atoms with E-state index in [0.29, 0.717) is 26.6 Å². The van der Waals surface area contributed by atoms with E-state index in [-0.39, 0.29) is 6.79 Å². The van der Waals surface area contributed by atoms with Gasteiger partial charge in [0.25, 0.3) is 0 Å². The van der Waals surface area contributed by atoms with E-state index < -0.39 is 16.1 Å². The second kappa shape index (κ2) is 14.3. The molecule has 5 rings (SSSR count). The zero-order chi connectivity index (χ0) is 31.2. The van der Waals surface area contributed by atoms with E-state index in [0.717, 1.165) is 76.6 Å². The highest BCUT2D eigenvalue weighted by atomic mass is 28.3. The van der Waals surface area contributed by atoms with Crippen LogP contribution in [0.15, 0.2) is 55.0 Å². The lowest BCUT2D eigenvalue weighted by atomic mass is 10.0. The van der Waals surface area contributed by atoms with Gasteiger partial charge in [0.15, 0.2) is 6.79 Å². The fourth-order valence-corrected chi connectivity index (χ4v) is 6.50.